The van der Waals surface area contributed by atoms with Gasteiger partial charge >= 0.3 is 0 Å². The molecule has 0 amide bonds. The second-order valence-corrected chi connectivity index (χ2v) is 19.1. The summed E-state index contributed by atoms with van der Waals surface area (Å²) in [7, 11) is -3.16. The van der Waals surface area contributed by atoms with Gasteiger partial charge in [-0.2, -0.15) is 0 Å². The van der Waals surface area contributed by atoms with E-state index >= 15 is 0 Å². The molecule has 0 radical (unpaired) electrons. The Hall–Kier alpha value is -1.95. The van der Waals surface area contributed by atoms with Gasteiger partial charge in [0, 0.05) is 0 Å². The fourth-order valence-corrected chi connectivity index (χ4v) is 9.49. The van der Waals surface area contributed by atoms with Crippen molar-refractivity contribution in [3.8, 4) is 0 Å². The zero-order valence-corrected chi connectivity index (χ0v) is 22.6. The van der Waals surface area contributed by atoms with Crippen molar-refractivity contribution in [2.24, 2.45) is 0 Å². The van der Waals surface area contributed by atoms with Gasteiger partial charge in [-0.15, -0.1) is 0 Å². The Balaban J connectivity index is 1.81. The lowest BCUT2D eigenvalue weighted by atomic mass is 10.0. The van der Waals surface area contributed by atoms with Crippen molar-refractivity contribution in [2.45, 2.75) is 70.6 Å². The van der Waals surface area contributed by atoms with Crippen LogP contribution in [0.25, 0.3) is 10.8 Å². The largest absolute Gasteiger partial charge is 0.410 e. The molecule has 0 aliphatic heterocycles. The molecule has 3 aromatic rings. The lowest BCUT2D eigenvalue weighted by Crippen LogP contribution is -2.40. The number of hydrogen-bond donors (Lipinski definition) is 0. The molecular weight excluding hydrogens is 420 g/mol. The van der Waals surface area contributed by atoms with E-state index in [1.54, 1.807) is 0 Å². The fourth-order valence-electron chi connectivity index (χ4n) is 4.57. The van der Waals surface area contributed by atoms with E-state index < -0.39 is 16.4 Å². The predicted molar refractivity (Wildman–Crippen MR) is 147 cm³/mol. The SMILES string of the molecule is CC[Si](CC)(CC)OC(C/C=C\C[Si](C)(C)c1ccccc1)c1ccc2ccccc2c1. The maximum atomic E-state index is 7.04. The Bertz CT molecular complexity index is 998. The van der Waals surface area contributed by atoms with Crippen LogP contribution in [0.3, 0.4) is 0 Å². The number of rotatable bonds is 11. The van der Waals surface area contributed by atoms with Gasteiger partial charge in [-0.3, -0.25) is 0 Å². The smallest absolute Gasteiger partial charge is 0.192 e. The predicted octanol–water partition coefficient (Wildman–Crippen LogP) is 8.46. The second-order valence-electron chi connectivity index (χ2n) is 9.62. The number of fused-ring (bicyclic) bond motifs is 1. The van der Waals surface area contributed by atoms with Crippen molar-refractivity contribution in [3.05, 3.63) is 90.5 Å². The molecule has 1 unspecified atom stereocenters. The van der Waals surface area contributed by atoms with Crippen LogP contribution in [0.4, 0.5) is 0 Å². The molecule has 1 nitrogen and oxygen atoms in total. The molecular formula is C29H40OSi2. The zero-order valence-electron chi connectivity index (χ0n) is 20.6. The Morgan fingerprint density at radius 3 is 2.03 bits per heavy atom. The van der Waals surface area contributed by atoms with E-state index in [1.165, 1.54) is 45.7 Å². The first-order valence-corrected chi connectivity index (χ1v) is 18.0. The van der Waals surface area contributed by atoms with Crippen LogP contribution in [0, 0.1) is 0 Å². The molecule has 0 N–H and O–H groups in total. The minimum absolute atomic E-state index is 0.142. The molecule has 0 aliphatic rings. The molecule has 0 saturated carbocycles. The Kier molecular flexibility index (Phi) is 8.69. The Morgan fingerprint density at radius 1 is 0.750 bits per heavy atom. The van der Waals surface area contributed by atoms with E-state index in [9.17, 15) is 0 Å². The van der Waals surface area contributed by atoms with Gasteiger partial charge in [0.1, 0.15) is 0 Å². The molecule has 32 heavy (non-hydrogen) atoms. The van der Waals surface area contributed by atoms with Gasteiger partial charge in [-0.1, -0.05) is 118 Å². The molecule has 3 heteroatoms. The summed E-state index contributed by atoms with van der Waals surface area (Å²) in [5, 5.41) is 4.13. The van der Waals surface area contributed by atoms with Gasteiger partial charge in [0.05, 0.1) is 14.2 Å². The number of allylic oxidation sites excluding steroid dienone is 1. The third-order valence-corrected chi connectivity index (χ3v) is 15.0. The molecule has 1 atom stereocenters. The summed E-state index contributed by atoms with van der Waals surface area (Å²) in [6.45, 7) is 11.9. The monoisotopic (exact) mass is 460 g/mol. The van der Waals surface area contributed by atoms with E-state index in [4.69, 9.17) is 4.43 Å². The second kappa shape index (κ2) is 11.3. The molecule has 170 valence electrons. The summed E-state index contributed by atoms with van der Waals surface area (Å²) in [6.07, 6.45) is 5.90. The molecule has 0 fully saturated rings. The molecule has 0 saturated heterocycles. The van der Waals surface area contributed by atoms with E-state index in [1.807, 2.05) is 0 Å². The van der Waals surface area contributed by atoms with E-state index in [2.05, 4.69) is 119 Å². The molecule has 0 aromatic heterocycles. The van der Waals surface area contributed by atoms with E-state index in [-0.39, 0.29) is 6.10 Å². The highest BCUT2D eigenvalue weighted by atomic mass is 28.4. The Morgan fingerprint density at radius 2 is 1.38 bits per heavy atom. The maximum absolute atomic E-state index is 7.04. The summed E-state index contributed by atoms with van der Waals surface area (Å²) in [5.41, 5.74) is 1.32. The maximum Gasteiger partial charge on any atom is 0.192 e. The van der Waals surface area contributed by atoms with Crippen LogP contribution in [0.15, 0.2) is 84.9 Å². The van der Waals surface area contributed by atoms with Gasteiger partial charge in [0.15, 0.2) is 8.32 Å². The topological polar surface area (TPSA) is 9.23 Å². The van der Waals surface area contributed by atoms with Gasteiger partial charge in [-0.05, 0) is 53.0 Å². The highest BCUT2D eigenvalue weighted by Crippen LogP contribution is 2.33. The molecule has 0 bridgehead atoms. The van der Waals surface area contributed by atoms with Crippen LogP contribution < -0.4 is 5.19 Å². The highest BCUT2D eigenvalue weighted by molar-refractivity contribution is 6.90. The molecule has 3 aromatic carbocycles. The molecule has 0 aliphatic carbocycles. The van der Waals surface area contributed by atoms with Crippen LogP contribution in [0.2, 0.25) is 37.3 Å². The third kappa shape index (κ3) is 6.09. The lowest BCUT2D eigenvalue weighted by molar-refractivity contribution is 0.193. The molecule has 0 heterocycles. The van der Waals surface area contributed by atoms with Crippen molar-refractivity contribution >= 4 is 32.4 Å². The van der Waals surface area contributed by atoms with Crippen molar-refractivity contribution in [1.29, 1.82) is 0 Å². The van der Waals surface area contributed by atoms with Crippen LogP contribution in [0.1, 0.15) is 38.9 Å². The quantitative estimate of drug-likeness (QED) is 0.206. The normalized spacial score (nSPS) is 13.7. The Labute approximate surface area is 197 Å². The zero-order chi connectivity index (χ0) is 23.0. The number of benzene rings is 3. The van der Waals surface area contributed by atoms with E-state index in [0.29, 0.717) is 0 Å². The van der Waals surface area contributed by atoms with Crippen molar-refractivity contribution in [1.82, 2.24) is 0 Å². The minimum atomic E-state index is -1.71. The van der Waals surface area contributed by atoms with Crippen LogP contribution in [-0.4, -0.2) is 16.4 Å². The first-order valence-electron chi connectivity index (χ1n) is 12.3. The average molecular weight is 461 g/mol. The van der Waals surface area contributed by atoms with Gasteiger partial charge < -0.3 is 4.43 Å². The lowest BCUT2D eigenvalue weighted by Gasteiger charge is -2.33. The number of hydrogen-bond acceptors (Lipinski definition) is 1. The highest BCUT2D eigenvalue weighted by Gasteiger charge is 2.32. The third-order valence-electron chi connectivity index (χ3n) is 7.17. The van der Waals surface area contributed by atoms with Gasteiger partial charge in [-0.25, -0.2) is 0 Å². The van der Waals surface area contributed by atoms with Crippen molar-refractivity contribution in [2.75, 3.05) is 0 Å². The minimum Gasteiger partial charge on any atom is -0.410 e. The summed E-state index contributed by atoms with van der Waals surface area (Å²) in [5.74, 6) is 0. The van der Waals surface area contributed by atoms with Gasteiger partial charge in [0.25, 0.3) is 0 Å². The first kappa shape index (κ1) is 24.7. The fraction of sp³-hybridized carbons (Fsp3) is 0.379. The summed E-state index contributed by atoms with van der Waals surface area (Å²) < 4.78 is 7.04. The molecule has 3 rings (SSSR count). The summed E-state index contributed by atoms with van der Waals surface area (Å²) in [6, 6.07) is 31.3. The standard InChI is InChI=1S/C29H40OSi2/c1-6-32(7-2,8-3)30-29(27-22-21-25-16-12-13-17-26(25)24-27)20-14-15-23-31(4,5)28-18-10-9-11-19-28/h9-19,21-22,24,29H,6-8,20,23H2,1-5H3/b15-14-. The van der Waals surface area contributed by atoms with Crippen molar-refractivity contribution < 1.29 is 4.43 Å². The van der Waals surface area contributed by atoms with Crippen LogP contribution in [-0.2, 0) is 4.43 Å². The first-order chi connectivity index (χ1) is 15.4. The average Bonchev–Trinajstić information content (AvgIpc) is 2.84. The van der Waals surface area contributed by atoms with Crippen molar-refractivity contribution in [3.63, 3.8) is 0 Å². The molecule has 0 spiro atoms. The van der Waals surface area contributed by atoms with Crippen LogP contribution in [0.5, 0.6) is 0 Å². The van der Waals surface area contributed by atoms with E-state index in [0.717, 1.165) is 6.42 Å². The van der Waals surface area contributed by atoms with Gasteiger partial charge in [0.2, 0.25) is 0 Å². The summed E-state index contributed by atoms with van der Waals surface area (Å²) >= 11 is 0. The van der Waals surface area contributed by atoms with Crippen LogP contribution >= 0.6 is 0 Å². The summed E-state index contributed by atoms with van der Waals surface area (Å²) in [4.78, 5) is 0.